The van der Waals surface area contributed by atoms with Crippen molar-refractivity contribution in [1.82, 2.24) is 14.8 Å². The first-order valence-electron chi connectivity index (χ1n) is 10.5. The highest BCUT2D eigenvalue weighted by molar-refractivity contribution is 6.04. The number of nitrogens with zero attached hydrogens (tertiary/aromatic N) is 4. The molecule has 4 rings (SSSR count). The summed E-state index contributed by atoms with van der Waals surface area (Å²) in [5.41, 5.74) is 1.38. The van der Waals surface area contributed by atoms with Crippen LogP contribution in [-0.2, 0) is 18.0 Å². The molecule has 1 amide bonds. The van der Waals surface area contributed by atoms with Crippen LogP contribution in [0.3, 0.4) is 0 Å². The second-order valence-electron chi connectivity index (χ2n) is 7.85. The summed E-state index contributed by atoms with van der Waals surface area (Å²) in [6.45, 7) is 4.07. The molecule has 34 heavy (non-hydrogen) atoms. The molecule has 1 aliphatic heterocycles. The highest BCUT2D eigenvalue weighted by Crippen LogP contribution is 2.29. The van der Waals surface area contributed by atoms with Crippen LogP contribution in [0.4, 0.5) is 24.5 Å². The topological polar surface area (TPSA) is 89.4 Å². The van der Waals surface area contributed by atoms with Crippen LogP contribution < -0.4 is 15.8 Å². The van der Waals surface area contributed by atoms with Gasteiger partial charge in [-0.05, 0) is 42.8 Å². The lowest BCUT2D eigenvalue weighted by molar-refractivity contribution is -0.141. The molecule has 1 aromatic carbocycles. The fourth-order valence-corrected chi connectivity index (χ4v) is 3.66. The van der Waals surface area contributed by atoms with E-state index < -0.39 is 17.8 Å². The number of hydrogen-bond acceptors (Lipinski definition) is 6. The van der Waals surface area contributed by atoms with Gasteiger partial charge in [-0.3, -0.25) is 14.6 Å². The number of alkyl halides is 3. The van der Waals surface area contributed by atoms with Crippen molar-refractivity contribution in [2.75, 3.05) is 36.5 Å². The van der Waals surface area contributed by atoms with Crippen LogP contribution in [0.2, 0.25) is 0 Å². The predicted molar refractivity (Wildman–Crippen MR) is 122 cm³/mol. The Labute approximate surface area is 194 Å². The van der Waals surface area contributed by atoms with Crippen LogP contribution in [0.15, 0.2) is 47.4 Å². The number of carbonyl (C=O) groups is 1. The zero-order chi connectivity index (χ0) is 24.5. The lowest BCUT2D eigenvalue weighted by Gasteiger charge is -2.28. The molecule has 2 aromatic heterocycles. The molecule has 3 heterocycles. The molecular formula is C23H24F3N5O3. The Morgan fingerprint density at radius 3 is 2.59 bits per heavy atom. The van der Waals surface area contributed by atoms with Crippen molar-refractivity contribution >= 4 is 17.3 Å². The summed E-state index contributed by atoms with van der Waals surface area (Å²) < 4.78 is 45.4. The number of halogens is 3. The summed E-state index contributed by atoms with van der Waals surface area (Å²) in [7, 11) is 1.57. The maximum atomic E-state index is 12.9. The smallest absolute Gasteiger partial charge is 0.378 e. The van der Waals surface area contributed by atoms with E-state index in [4.69, 9.17) is 4.74 Å². The van der Waals surface area contributed by atoms with Crippen LogP contribution in [0.5, 0.6) is 0 Å². The van der Waals surface area contributed by atoms with Gasteiger partial charge in [0.1, 0.15) is 11.4 Å². The minimum atomic E-state index is -4.65. The summed E-state index contributed by atoms with van der Waals surface area (Å²) in [6.07, 6.45) is -3.71. The molecule has 1 saturated heterocycles. The quantitative estimate of drug-likeness (QED) is 0.621. The van der Waals surface area contributed by atoms with Gasteiger partial charge in [-0.25, -0.2) is 4.68 Å². The zero-order valence-electron chi connectivity index (χ0n) is 18.5. The third-order valence-electron chi connectivity index (χ3n) is 5.48. The number of aryl methyl sites for hydroxylation is 2. The molecule has 1 aliphatic rings. The lowest BCUT2D eigenvalue weighted by Crippen LogP contribution is -2.40. The average Bonchev–Trinajstić information content (AvgIpc) is 2.82. The normalized spacial score (nSPS) is 14.2. The van der Waals surface area contributed by atoms with Crippen molar-refractivity contribution in [1.29, 1.82) is 0 Å². The van der Waals surface area contributed by atoms with E-state index in [-0.39, 0.29) is 12.5 Å². The van der Waals surface area contributed by atoms with Gasteiger partial charge in [0.05, 0.1) is 18.9 Å². The number of aromatic nitrogens is 3. The third-order valence-corrected chi connectivity index (χ3v) is 5.48. The van der Waals surface area contributed by atoms with Crippen molar-refractivity contribution < 1.29 is 24.1 Å². The van der Waals surface area contributed by atoms with Gasteiger partial charge in [-0.2, -0.15) is 18.3 Å². The summed E-state index contributed by atoms with van der Waals surface area (Å²) >= 11 is 0. The second kappa shape index (κ2) is 9.26. The number of nitrogens with one attached hydrogen (secondary N) is 1. The van der Waals surface area contributed by atoms with Gasteiger partial charge in [-0.1, -0.05) is 6.07 Å². The molecular weight excluding hydrogens is 451 g/mol. The summed E-state index contributed by atoms with van der Waals surface area (Å²) in [5, 5.41) is 7.00. The number of benzene rings is 1. The van der Waals surface area contributed by atoms with Gasteiger partial charge in [0.15, 0.2) is 0 Å². The molecule has 0 atom stereocenters. The average molecular weight is 475 g/mol. The Morgan fingerprint density at radius 1 is 1.15 bits per heavy atom. The molecule has 3 aromatic rings. The predicted octanol–water partition coefficient (Wildman–Crippen LogP) is 3.50. The van der Waals surface area contributed by atoms with Crippen LogP contribution in [0, 0.1) is 6.92 Å². The molecule has 0 unspecified atom stereocenters. The van der Waals surface area contributed by atoms with Gasteiger partial charge in [0.25, 0.3) is 11.5 Å². The number of ether oxygens (including phenoxy) is 1. The molecule has 11 heteroatoms. The van der Waals surface area contributed by atoms with E-state index in [0.717, 1.165) is 11.8 Å². The molecule has 0 aliphatic carbocycles. The molecule has 8 nitrogen and oxygen atoms in total. The first-order chi connectivity index (χ1) is 16.1. The maximum absolute atomic E-state index is 12.9. The SMILES string of the molecule is Cc1ccc(NC(=O)c2ccnc(C(F)(F)F)c2)cc1-c1cc(N2CCOCC2)c(=O)n(C)n1.[HH]. The maximum Gasteiger partial charge on any atom is 0.433 e. The minimum absolute atomic E-state index is 0. The minimum Gasteiger partial charge on any atom is -0.378 e. The number of amides is 1. The molecule has 1 N–H and O–H groups in total. The van der Waals surface area contributed by atoms with Crippen LogP contribution in [-0.4, -0.2) is 47.0 Å². The third kappa shape index (κ3) is 4.93. The van der Waals surface area contributed by atoms with Crippen molar-refractivity contribution in [2.24, 2.45) is 7.05 Å². The second-order valence-corrected chi connectivity index (χ2v) is 7.85. The standard InChI is InChI=1S/C23H22F3N5O3.H2/c1-14-3-4-16(28-21(32)15-5-6-27-20(11-15)23(24,25)26)12-17(14)18-13-19(22(33)30(2)29-18)31-7-9-34-10-8-31;/h3-6,11-13H,7-10H2,1-2H3,(H,28,32);1H. The van der Waals surface area contributed by atoms with Crippen LogP contribution in [0.25, 0.3) is 11.3 Å². The van der Waals surface area contributed by atoms with Gasteiger partial charge < -0.3 is 15.0 Å². The van der Waals surface area contributed by atoms with E-state index in [9.17, 15) is 22.8 Å². The Hall–Kier alpha value is -3.73. The zero-order valence-corrected chi connectivity index (χ0v) is 18.5. The number of pyridine rings is 1. The van der Waals surface area contributed by atoms with E-state index >= 15 is 0 Å². The van der Waals surface area contributed by atoms with E-state index in [1.54, 1.807) is 31.3 Å². The van der Waals surface area contributed by atoms with Gasteiger partial charge in [0.2, 0.25) is 0 Å². The Morgan fingerprint density at radius 2 is 1.88 bits per heavy atom. The molecule has 0 radical (unpaired) electrons. The number of carbonyl (C=O) groups excluding carboxylic acids is 1. The first-order valence-corrected chi connectivity index (χ1v) is 10.5. The first kappa shape index (κ1) is 23.4. The number of anilines is 2. The summed E-state index contributed by atoms with van der Waals surface area (Å²) in [4.78, 5) is 30.5. The fourth-order valence-electron chi connectivity index (χ4n) is 3.66. The van der Waals surface area contributed by atoms with Crippen LogP contribution >= 0.6 is 0 Å². The Kier molecular flexibility index (Phi) is 6.38. The van der Waals surface area contributed by atoms with Gasteiger partial charge >= 0.3 is 6.18 Å². The highest BCUT2D eigenvalue weighted by Gasteiger charge is 2.33. The van der Waals surface area contributed by atoms with Crippen molar-refractivity contribution in [3.63, 3.8) is 0 Å². The van der Waals surface area contributed by atoms with E-state index in [1.807, 2.05) is 11.8 Å². The molecule has 1 fully saturated rings. The summed E-state index contributed by atoms with van der Waals surface area (Å²) in [6, 6.07) is 8.71. The van der Waals surface area contributed by atoms with Crippen molar-refractivity contribution in [3.05, 3.63) is 69.8 Å². The molecule has 0 saturated carbocycles. The lowest BCUT2D eigenvalue weighted by atomic mass is 10.0. The van der Waals surface area contributed by atoms with E-state index in [2.05, 4.69) is 15.4 Å². The monoisotopic (exact) mass is 475 g/mol. The van der Waals surface area contributed by atoms with Crippen molar-refractivity contribution in [3.8, 4) is 11.3 Å². The van der Waals surface area contributed by atoms with Gasteiger partial charge in [-0.15, -0.1) is 0 Å². The summed E-state index contributed by atoms with van der Waals surface area (Å²) in [5.74, 6) is -0.704. The molecule has 180 valence electrons. The number of morpholine rings is 1. The largest absolute Gasteiger partial charge is 0.433 e. The molecule has 0 bridgehead atoms. The van der Waals surface area contributed by atoms with E-state index in [1.165, 1.54) is 10.7 Å². The molecule has 0 spiro atoms. The van der Waals surface area contributed by atoms with Gasteiger partial charge in [0, 0.05) is 44.6 Å². The fraction of sp³-hybridized carbons (Fsp3) is 0.304. The van der Waals surface area contributed by atoms with Crippen LogP contribution in [0.1, 0.15) is 23.0 Å². The number of hydrogen-bond donors (Lipinski definition) is 1. The Bertz CT molecular complexity index is 1290. The van der Waals surface area contributed by atoms with Crippen molar-refractivity contribution in [2.45, 2.75) is 13.1 Å². The Balaban J connectivity index is 0.00000342. The highest BCUT2D eigenvalue weighted by atomic mass is 19.4. The number of rotatable bonds is 4. The van der Waals surface area contributed by atoms with E-state index in [0.29, 0.717) is 55.0 Å².